The Balaban J connectivity index is 2.52. The van der Waals surface area contributed by atoms with Crippen LogP contribution in [0.25, 0.3) is 11.0 Å². The summed E-state index contributed by atoms with van der Waals surface area (Å²) in [5, 5.41) is 17.0. The molecule has 0 fully saturated rings. The van der Waals surface area contributed by atoms with E-state index in [9.17, 15) is 4.79 Å². The van der Waals surface area contributed by atoms with Crippen LogP contribution in [0.3, 0.4) is 0 Å². The van der Waals surface area contributed by atoms with E-state index in [0.717, 1.165) is 22.2 Å². The first kappa shape index (κ1) is 11.6. The minimum absolute atomic E-state index is 0.0471. The van der Waals surface area contributed by atoms with Crippen molar-refractivity contribution in [3.63, 3.8) is 0 Å². The Labute approximate surface area is 99.1 Å². The van der Waals surface area contributed by atoms with Gasteiger partial charge in [-0.15, -0.1) is 5.10 Å². The van der Waals surface area contributed by atoms with E-state index < -0.39 is 5.97 Å². The first-order chi connectivity index (χ1) is 7.99. The number of carboxylic acid groups (broad SMARTS) is 1. The first-order valence-electron chi connectivity index (χ1n) is 5.53. The van der Waals surface area contributed by atoms with Crippen molar-refractivity contribution in [3.05, 3.63) is 23.3 Å². The highest BCUT2D eigenvalue weighted by Gasteiger charge is 2.15. The van der Waals surface area contributed by atoms with Crippen LogP contribution in [-0.2, 0) is 4.79 Å². The van der Waals surface area contributed by atoms with Gasteiger partial charge >= 0.3 is 5.97 Å². The highest BCUT2D eigenvalue weighted by molar-refractivity contribution is 5.79. The Hall–Kier alpha value is -1.91. The molecular weight excluding hydrogens is 218 g/mol. The average Bonchev–Trinajstić information content (AvgIpc) is 2.59. The average molecular weight is 233 g/mol. The molecule has 5 nitrogen and oxygen atoms in total. The number of hydrogen-bond acceptors (Lipinski definition) is 3. The van der Waals surface area contributed by atoms with Gasteiger partial charge in [0.05, 0.1) is 18.0 Å². The number of carboxylic acids is 1. The topological polar surface area (TPSA) is 68.0 Å². The number of benzene rings is 1. The second kappa shape index (κ2) is 4.16. The fraction of sp³-hybridized carbons (Fsp3) is 0.417. The summed E-state index contributed by atoms with van der Waals surface area (Å²) >= 11 is 0. The third-order valence-corrected chi connectivity index (χ3v) is 2.80. The Morgan fingerprint density at radius 1 is 1.47 bits per heavy atom. The summed E-state index contributed by atoms with van der Waals surface area (Å²) in [4.78, 5) is 10.7. The summed E-state index contributed by atoms with van der Waals surface area (Å²) < 4.78 is 1.68. The van der Waals surface area contributed by atoms with E-state index in [2.05, 4.69) is 10.3 Å². The predicted octanol–water partition coefficient (Wildman–Crippen LogP) is 2.08. The van der Waals surface area contributed by atoms with Crippen molar-refractivity contribution in [2.45, 2.75) is 33.2 Å². The quantitative estimate of drug-likeness (QED) is 0.881. The van der Waals surface area contributed by atoms with Crippen LogP contribution in [0.1, 0.15) is 30.5 Å². The number of aromatic nitrogens is 3. The van der Waals surface area contributed by atoms with Gasteiger partial charge in [-0.1, -0.05) is 11.3 Å². The van der Waals surface area contributed by atoms with Crippen LogP contribution in [0.5, 0.6) is 0 Å². The molecule has 1 N–H and O–H groups in total. The van der Waals surface area contributed by atoms with Gasteiger partial charge in [-0.25, -0.2) is 4.68 Å². The lowest BCUT2D eigenvalue weighted by molar-refractivity contribution is -0.137. The number of fused-ring (bicyclic) bond motifs is 1. The van der Waals surface area contributed by atoms with Crippen molar-refractivity contribution in [1.82, 2.24) is 15.0 Å². The standard InChI is InChI=1S/C12H15N3O2/c1-7-4-8(2)12-10(5-7)15(14-13-12)9(3)6-11(16)17/h4-5,9H,6H2,1-3H3,(H,16,17). The van der Waals surface area contributed by atoms with Crippen LogP contribution in [0.4, 0.5) is 0 Å². The van der Waals surface area contributed by atoms with Crippen LogP contribution in [0.2, 0.25) is 0 Å². The Kier molecular flexibility index (Phi) is 2.83. The van der Waals surface area contributed by atoms with Crippen LogP contribution in [0.15, 0.2) is 12.1 Å². The molecule has 2 aromatic rings. The summed E-state index contributed by atoms with van der Waals surface area (Å²) in [6, 6.07) is 3.84. The monoisotopic (exact) mass is 233 g/mol. The molecule has 2 rings (SSSR count). The SMILES string of the molecule is Cc1cc(C)c2nnn(C(C)CC(=O)O)c2c1. The molecular formula is C12H15N3O2. The van der Waals surface area contributed by atoms with Gasteiger partial charge in [0, 0.05) is 0 Å². The fourth-order valence-electron chi connectivity index (χ4n) is 2.05. The highest BCUT2D eigenvalue weighted by atomic mass is 16.4. The zero-order valence-corrected chi connectivity index (χ0v) is 10.1. The maximum absolute atomic E-state index is 10.7. The van der Waals surface area contributed by atoms with E-state index >= 15 is 0 Å². The maximum atomic E-state index is 10.7. The third-order valence-electron chi connectivity index (χ3n) is 2.80. The van der Waals surface area contributed by atoms with Gasteiger partial charge in [-0.2, -0.15) is 0 Å². The van der Waals surface area contributed by atoms with Crippen molar-refractivity contribution in [3.8, 4) is 0 Å². The molecule has 0 radical (unpaired) electrons. The molecule has 0 aliphatic carbocycles. The van der Waals surface area contributed by atoms with Crippen molar-refractivity contribution in [2.75, 3.05) is 0 Å². The number of nitrogens with zero attached hydrogens (tertiary/aromatic N) is 3. The molecule has 0 amide bonds. The minimum atomic E-state index is -0.828. The van der Waals surface area contributed by atoms with Gasteiger partial charge in [-0.3, -0.25) is 4.79 Å². The third kappa shape index (κ3) is 2.13. The van der Waals surface area contributed by atoms with E-state index in [1.54, 1.807) is 4.68 Å². The Morgan fingerprint density at radius 3 is 2.82 bits per heavy atom. The lowest BCUT2D eigenvalue weighted by atomic mass is 10.1. The van der Waals surface area contributed by atoms with Gasteiger partial charge in [0.2, 0.25) is 0 Å². The van der Waals surface area contributed by atoms with Gasteiger partial charge in [0.25, 0.3) is 0 Å². The number of aliphatic carboxylic acids is 1. The molecule has 0 aliphatic heterocycles. The zero-order valence-electron chi connectivity index (χ0n) is 10.1. The van der Waals surface area contributed by atoms with Crippen molar-refractivity contribution >= 4 is 17.0 Å². The van der Waals surface area contributed by atoms with E-state index in [1.165, 1.54) is 0 Å². The van der Waals surface area contributed by atoms with E-state index in [0.29, 0.717) is 0 Å². The molecule has 0 aliphatic rings. The number of aryl methyl sites for hydroxylation is 2. The number of rotatable bonds is 3. The normalized spacial score (nSPS) is 12.9. The molecule has 0 spiro atoms. The molecule has 1 unspecified atom stereocenters. The lowest BCUT2D eigenvalue weighted by Crippen LogP contribution is -2.11. The second-order valence-electron chi connectivity index (χ2n) is 4.43. The van der Waals surface area contributed by atoms with Crippen LogP contribution in [0, 0.1) is 13.8 Å². The van der Waals surface area contributed by atoms with Gasteiger partial charge in [-0.05, 0) is 38.0 Å². The largest absolute Gasteiger partial charge is 0.481 e. The maximum Gasteiger partial charge on any atom is 0.305 e. The molecule has 90 valence electrons. The minimum Gasteiger partial charge on any atom is -0.481 e. The predicted molar refractivity (Wildman–Crippen MR) is 64.0 cm³/mol. The van der Waals surface area contributed by atoms with Gasteiger partial charge in [0.15, 0.2) is 0 Å². The van der Waals surface area contributed by atoms with Crippen molar-refractivity contribution in [2.24, 2.45) is 0 Å². The summed E-state index contributed by atoms with van der Waals surface area (Å²) in [5.41, 5.74) is 3.93. The molecule has 17 heavy (non-hydrogen) atoms. The van der Waals surface area contributed by atoms with Crippen molar-refractivity contribution < 1.29 is 9.90 Å². The Bertz CT molecular complexity index is 574. The molecule has 1 heterocycles. The van der Waals surface area contributed by atoms with Gasteiger partial charge in [0.1, 0.15) is 5.52 Å². The molecule has 1 aromatic heterocycles. The second-order valence-corrected chi connectivity index (χ2v) is 4.43. The van der Waals surface area contributed by atoms with Gasteiger partial charge < -0.3 is 5.11 Å². The van der Waals surface area contributed by atoms with Crippen LogP contribution in [-0.4, -0.2) is 26.1 Å². The smallest absolute Gasteiger partial charge is 0.305 e. The van der Waals surface area contributed by atoms with Crippen LogP contribution < -0.4 is 0 Å². The Morgan fingerprint density at radius 2 is 2.18 bits per heavy atom. The summed E-state index contributed by atoms with van der Waals surface area (Å²) in [6.45, 7) is 5.82. The van der Waals surface area contributed by atoms with E-state index in [-0.39, 0.29) is 12.5 Å². The molecule has 1 atom stereocenters. The first-order valence-corrected chi connectivity index (χ1v) is 5.53. The molecule has 0 bridgehead atoms. The number of carbonyl (C=O) groups is 1. The number of hydrogen-bond donors (Lipinski definition) is 1. The summed E-state index contributed by atoms with van der Waals surface area (Å²) in [6.07, 6.45) is 0.0471. The molecule has 5 heteroatoms. The summed E-state index contributed by atoms with van der Waals surface area (Å²) in [5.74, 6) is -0.828. The highest BCUT2D eigenvalue weighted by Crippen LogP contribution is 2.22. The van der Waals surface area contributed by atoms with E-state index in [4.69, 9.17) is 5.11 Å². The van der Waals surface area contributed by atoms with Crippen LogP contribution >= 0.6 is 0 Å². The molecule has 1 aromatic carbocycles. The molecule has 0 saturated carbocycles. The summed E-state index contributed by atoms with van der Waals surface area (Å²) in [7, 11) is 0. The zero-order chi connectivity index (χ0) is 12.6. The molecule has 0 saturated heterocycles. The van der Waals surface area contributed by atoms with E-state index in [1.807, 2.05) is 32.9 Å². The lowest BCUT2D eigenvalue weighted by Gasteiger charge is -2.10. The van der Waals surface area contributed by atoms with Crippen molar-refractivity contribution in [1.29, 1.82) is 0 Å². The fourth-order valence-corrected chi connectivity index (χ4v) is 2.05.